The molecule has 0 unspecified atom stereocenters. The molecule has 0 amide bonds. The minimum atomic E-state index is -1.73. The lowest BCUT2D eigenvalue weighted by atomic mass is 9.98. The average Bonchev–Trinajstić information content (AvgIpc) is 3.06. The fourth-order valence-electron chi connectivity index (χ4n) is 5.18. The van der Waals surface area contributed by atoms with Crippen molar-refractivity contribution in [3.8, 4) is 0 Å². The van der Waals surface area contributed by atoms with Crippen LogP contribution in [0.25, 0.3) is 0 Å². The smallest absolute Gasteiger partial charge is 0.305 e. The minimum Gasteiger partial charge on any atom is -0.463 e. The molecule has 2 aliphatic rings. The van der Waals surface area contributed by atoms with Crippen LogP contribution in [0.15, 0.2) is 24.3 Å². The van der Waals surface area contributed by atoms with Crippen LogP contribution in [0.5, 0.6) is 0 Å². The van der Waals surface area contributed by atoms with Crippen LogP contribution in [0.1, 0.15) is 84.0 Å². The minimum absolute atomic E-state index is 0.225. The molecule has 8 N–H and O–H groups in total. The van der Waals surface area contributed by atoms with E-state index in [-0.39, 0.29) is 13.0 Å². The highest BCUT2D eigenvalue weighted by molar-refractivity contribution is 5.69. The third-order valence-corrected chi connectivity index (χ3v) is 8.16. The summed E-state index contributed by atoms with van der Waals surface area (Å²) in [7, 11) is 0. The van der Waals surface area contributed by atoms with Crippen molar-refractivity contribution in [2.45, 2.75) is 151 Å². The molecule has 0 bridgehead atoms. The van der Waals surface area contributed by atoms with Gasteiger partial charge in [0.1, 0.15) is 61.5 Å². The van der Waals surface area contributed by atoms with Crippen molar-refractivity contribution < 1.29 is 69.3 Å². The van der Waals surface area contributed by atoms with Crippen LogP contribution in [0.2, 0.25) is 0 Å². The molecule has 2 heterocycles. The van der Waals surface area contributed by atoms with Gasteiger partial charge in [0.25, 0.3) is 0 Å². The number of carbonyl (C=O) groups excluding carboxylic acids is 1. The molecule has 2 fully saturated rings. The van der Waals surface area contributed by atoms with Crippen molar-refractivity contribution in [3.05, 3.63) is 24.3 Å². The Labute approximate surface area is 277 Å². The number of allylic oxidation sites excluding steroid dienone is 4. The SMILES string of the molecule is CCCCC/C=C\C/C=C\CCCCCCCC(=O)OC[C@@H](O)CO[C@@H]1O[C@H](CO[C@H]2O[C@H](CO)[C@H](O)[C@H](O)[C@H]2O)[C@H](O)[C@H](O)[C@H]1O. The molecular formula is C33H58O14. The summed E-state index contributed by atoms with van der Waals surface area (Å²) >= 11 is 0. The van der Waals surface area contributed by atoms with E-state index in [9.17, 15) is 45.6 Å². The molecule has 2 saturated heterocycles. The Morgan fingerprint density at radius 2 is 1.23 bits per heavy atom. The second kappa shape index (κ2) is 23.8. The van der Waals surface area contributed by atoms with Gasteiger partial charge in [0, 0.05) is 6.42 Å². The average molecular weight is 679 g/mol. The molecule has 0 radical (unpaired) electrons. The van der Waals surface area contributed by atoms with E-state index in [1.54, 1.807) is 0 Å². The van der Waals surface area contributed by atoms with Crippen molar-refractivity contribution in [1.82, 2.24) is 0 Å². The molecule has 0 aromatic carbocycles. The summed E-state index contributed by atoms with van der Waals surface area (Å²) in [6.07, 6.45) is 4.08. The van der Waals surface area contributed by atoms with Crippen molar-refractivity contribution in [3.63, 3.8) is 0 Å². The third-order valence-electron chi connectivity index (χ3n) is 8.16. The lowest BCUT2D eigenvalue weighted by Gasteiger charge is -2.42. The molecule has 0 aliphatic carbocycles. The van der Waals surface area contributed by atoms with Crippen molar-refractivity contribution >= 4 is 5.97 Å². The molecule has 14 heteroatoms. The zero-order valence-corrected chi connectivity index (χ0v) is 27.5. The molecule has 0 spiro atoms. The first-order valence-electron chi connectivity index (χ1n) is 17.0. The number of esters is 1. The van der Waals surface area contributed by atoms with E-state index in [0.717, 1.165) is 44.9 Å². The normalized spacial score (nSPS) is 32.3. The van der Waals surface area contributed by atoms with Gasteiger partial charge in [0.05, 0.1) is 19.8 Å². The van der Waals surface area contributed by atoms with Crippen LogP contribution in [0, 0.1) is 0 Å². The number of carbonyl (C=O) groups is 1. The first-order valence-corrected chi connectivity index (χ1v) is 17.0. The Morgan fingerprint density at radius 1 is 0.681 bits per heavy atom. The maximum Gasteiger partial charge on any atom is 0.305 e. The summed E-state index contributed by atoms with van der Waals surface area (Å²) in [5, 5.41) is 80.3. The Bertz CT molecular complexity index is 885. The maximum atomic E-state index is 12.1. The number of rotatable bonds is 23. The molecule has 2 aliphatic heterocycles. The highest BCUT2D eigenvalue weighted by atomic mass is 16.7. The van der Waals surface area contributed by atoms with Crippen LogP contribution in [0.4, 0.5) is 0 Å². The number of hydrogen-bond acceptors (Lipinski definition) is 14. The predicted molar refractivity (Wildman–Crippen MR) is 169 cm³/mol. The summed E-state index contributed by atoms with van der Waals surface area (Å²) in [5.74, 6) is -0.451. The van der Waals surface area contributed by atoms with Crippen LogP contribution in [-0.2, 0) is 28.5 Å². The van der Waals surface area contributed by atoms with Crippen LogP contribution in [-0.4, -0.2) is 141 Å². The maximum absolute atomic E-state index is 12.1. The van der Waals surface area contributed by atoms with Gasteiger partial charge in [-0.25, -0.2) is 0 Å². The number of unbranched alkanes of at least 4 members (excludes halogenated alkanes) is 8. The molecule has 0 aromatic heterocycles. The molecule has 0 aromatic rings. The van der Waals surface area contributed by atoms with Crippen LogP contribution in [0.3, 0.4) is 0 Å². The summed E-state index contributed by atoms with van der Waals surface area (Å²) < 4.78 is 26.6. The zero-order chi connectivity index (χ0) is 34.6. The van der Waals surface area contributed by atoms with Gasteiger partial charge >= 0.3 is 5.97 Å². The van der Waals surface area contributed by atoms with Gasteiger partial charge in [0.15, 0.2) is 12.6 Å². The quantitative estimate of drug-likeness (QED) is 0.0415. The number of ether oxygens (including phenoxy) is 5. The van der Waals surface area contributed by atoms with E-state index in [0.29, 0.717) is 6.42 Å². The highest BCUT2D eigenvalue weighted by Crippen LogP contribution is 2.26. The fraction of sp³-hybridized carbons (Fsp3) is 0.848. The molecule has 274 valence electrons. The second-order valence-corrected chi connectivity index (χ2v) is 12.2. The number of aliphatic hydroxyl groups is 8. The summed E-state index contributed by atoms with van der Waals surface area (Å²) in [5.41, 5.74) is 0. The van der Waals surface area contributed by atoms with Gasteiger partial charge in [-0.05, 0) is 38.5 Å². The van der Waals surface area contributed by atoms with Crippen LogP contribution >= 0.6 is 0 Å². The van der Waals surface area contributed by atoms with E-state index >= 15 is 0 Å². The Balaban J connectivity index is 1.58. The van der Waals surface area contributed by atoms with E-state index < -0.39 is 93.3 Å². The van der Waals surface area contributed by atoms with Crippen molar-refractivity contribution in [1.29, 1.82) is 0 Å². The Kier molecular flexibility index (Phi) is 21.1. The monoisotopic (exact) mass is 678 g/mol. The van der Waals surface area contributed by atoms with Crippen molar-refractivity contribution in [2.75, 3.05) is 26.4 Å². The molecule has 11 atom stereocenters. The summed E-state index contributed by atoms with van der Waals surface area (Å²) in [4.78, 5) is 12.1. The van der Waals surface area contributed by atoms with Gasteiger partial charge in [-0.1, -0.05) is 63.3 Å². The first-order chi connectivity index (χ1) is 22.6. The zero-order valence-electron chi connectivity index (χ0n) is 27.5. The first kappa shape index (κ1) is 41.6. The van der Waals surface area contributed by atoms with Gasteiger partial charge in [0.2, 0.25) is 0 Å². The highest BCUT2D eigenvalue weighted by Gasteiger charge is 2.47. The fourth-order valence-corrected chi connectivity index (χ4v) is 5.18. The topological polar surface area (TPSA) is 225 Å². The van der Waals surface area contributed by atoms with Crippen molar-refractivity contribution in [2.24, 2.45) is 0 Å². The molecule has 47 heavy (non-hydrogen) atoms. The van der Waals surface area contributed by atoms with E-state index in [2.05, 4.69) is 31.2 Å². The standard InChI is InChI=1S/C33H58O14/c1-2-3-4-5-6-7-8-9-10-11-12-13-14-15-16-17-25(36)43-19-22(35)20-44-32-31(42)29(40)27(38)24(47-32)21-45-33-30(41)28(39)26(37)23(18-34)46-33/h6-7,9-10,22-24,26-35,37-42H,2-5,8,11-21H2,1H3/b7-6-,10-9-/t22-,23-,24-,26+,27+,28+,29+,30-,31-,32-,33+/m1/s1. The lowest BCUT2D eigenvalue weighted by Crippen LogP contribution is -2.61. The van der Waals surface area contributed by atoms with Gasteiger partial charge in [-0.2, -0.15) is 0 Å². The molecule has 2 rings (SSSR count). The Morgan fingerprint density at radius 3 is 1.87 bits per heavy atom. The molecular weight excluding hydrogens is 620 g/mol. The summed E-state index contributed by atoms with van der Waals surface area (Å²) in [6, 6.07) is 0. The molecule has 0 saturated carbocycles. The predicted octanol–water partition coefficient (Wildman–Crippen LogP) is 0.345. The largest absolute Gasteiger partial charge is 0.463 e. The lowest BCUT2D eigenvalue weighted by molar-refractivity contribution is -0.332. The van der Waals surface area contributed by atoms with E-state index in [1.165, 1.54) is 19.3 Å². The van der Waals surface area contributed by atoms with Gasteiger partial charge in [-0.15, -0.1) is 0 Å². The number of aliphatic hydroxyl groups excluding tert-OH is 8. The molecule has 14 nitrogen and oxygen atoms in total. The van der Waals surface area contributed by atoms with Crippen LogP contribution < -0.4 is 0 Å². The van der Waals surface area contributed by atoms with Gasteiger partial charge in [-0.3, -0.25) is 4.79 Å². The van der Waals surface area contributed by atoms with E-state index in [1.807, 2.05) is 0 Å². The van der Waals surface area contributed by atoms with E-state index in [4.69, 9.17) is 23.7 Å². The third kappa shape index (κ3) is 15.3. The number of hydrogen-bond donors (Lipinski definition) is 8. The second-order valence-electron chi connectivity index (χ2n) is 12.2. The Hall–Kier alpha value is -1.53. The van der Waals surface area contributed by atoms with Gasteiger partial charge < -0.3 is 64.5 Å². The summed E-state index contributed by atoms with van der Waals surface area (Å²) in [6.45, 7) is 0.250.